The van der Waals surface area contributed by atoms with Crippen molar-refractivity contribution in [2.45, 2.75) is 4.90 Å². The van der Waals surface area contributed by atoms with E-state index in [9.17, 15) is 22.9 Å². The van der Waals surface area contributed by atoms with Crippen molar-refractivity contribution in [3.05, 3.63) is 53.8 Å². The predicted octanol–water partition coefficient (Wildman–Crippen LogP) is 2.62. The van der Waals surface area contributed by atoms with Gasteiger partial charge in [-0.05, 0) is 18.2 Å². The van der Waals surface area contributed by atoms with Crippen LogP contribution in [0, 0.1) is 0 Å². The summed E-state index contributed by atoms with van der Waals surface area (Å²) in [5.74, 6) is -1.57. The second-order valence-corrected chi connectivity index (χ2v) is 6.36. The molecule has 0 aliphatic carbocycles. The van der Waals surface area contributed by atoms with E-state index < -0.39 is 26.5 Å². The Morgan fingerprint density at radius 2 is 1.88 bits per heavy atom. The summed E-state index contributed by atoms with van der Waals surface area (Å²) in [7, 11) is -3.47. The molecule has 0 fully saturated rings. The average molecular weight is 348 g/mol. The van der Waals surface area contributed by atoms with Crippen molar-refractivity contribution in [3.8, 4) is 11.5 Å². The number of phenolic OH excluding ortho intramolecular Hbond substituents is 1. The highest BCUT2D eigenvalue weighted by Crippen LogP contribution is 2.33. The van der Waals surface area contributed by atoms with E-state index in [2.05, 4.69) is 0 Å². The normalized spacial score (nSPS) is 11.6. The number of para-hydroxylation sites is 1. The lowest BCUT2D eigenvalue weighted by Crippen LogP contribution is -2.06. The van der Waals surface area contributed by atoms with E-state index in [1.165, 1.54) is 13.2 Å². The highest BCUT2D eigenvalue weighted by Gasteiger charge is 2.25. The monoisotopic (exact) mass is 348 g/mol. The minimum atomic E-state index is -4.64. The number of ether oxygens (including phenoxy) is 1. The first kappa shape index (κ1) is 16.0. The van der Waals surface area contributed by atoms with E-state index >= 15 is 0 Å². The van der Waals surface area contributed by atoms with Gasteiger partial charge in [0.05, 0.1) is 12.7 Å². The fourth-order valence-electron chi connectivity index (χ4n) is 2.32. The molecule has 24 heavy (non-hydrogen) atoms. The number of aromatic hydroxyl groups is 1. The van der Waals surface area contributed by atoms with Crippen LogP contribution in [-0.4, -0.2) is 31.0 Å². The first-order chi connectivity index (χ1) is 11.3. The van der Waals surface area contributed by atoms with Gasteiger partial charge in [0.15, 0.2) is 5.76 Å². The van der Waals surface area contributed by atoms with Crippen molar-refractivity contribution in [1.82, 2.24) is 0 Å². The molecule has 3 aromatic rings. The van der Waals surface area contributed by atoms with Gasteiger partial charge in [-0.25, -0.2) is 0 Å². The van der Waals surface area contributed by atoms with Crippen LogP contribution in [-0.2, 0) is 10.1 Å². The Hall–Kier alpha value is -2.84. The van der Waals surface area contributed by atoms with Gasteiger partial charge >= 0.3 is 0 Å². The first-order valence-electron chi connectivity index (χ1n) is 6.73. The first-order valence-corrected chi connectivity index (χ1v) is 8.17. The third-order valence-electron chi connectivity index (χ3n) is 3.45. The Kier molecular flexibility index (Phi) is 3.78. The highest BCUT2D eigenvalue weighted by molar-refractivity contribution is 7.86. The van der Waals surface area contributed by atoms with Crippen LogP contribution in [0.15, 0.2) is 51.8 Å². The molecule has 0 atom stereocenters. The van der Waals surface area contributed by atoms with Crippen molar-refractivity contribution < 1.29 is 32.0 Å². The summed E-state index contributed by atoms with van der Waals surface area (Å²) in [5.41, 5.74) is 0.145. The van der Waals surface area contributed by atoms with Gasteiger partial charge in [0, 0.05) is 11.5 Å². The fraction of sp³-hybridized carbons (Fsp3) is 0.0625. The van der Waals surface area contributed by atoms with Gasteiger partial charge in [-0.1, -0.05) is 18.2 Å². The number of phenols is 1. The number of carbonyl (C=O) groups is 1. The number of methoxy groups -OCH3 is 1. The molecular formula is C16H12O7S. The molecule has 3 rings (SSSR count). The van der Waals surface area contributed by atoms with Crippen LogP contribution in [0.25, 0.3) is 11.0 Å². The van der Waals surface area contributed by atoms with Crippen molar-refractivity contribution in [2.24, 2.45) is 0 Å². The molecule has 0 saturated heterocycles. The maximum absolute atomic E-state index is 12.5. The molecule has 0 bridgehead atoms. The third kappa shape index (κ3) is 2.72. The quantitative estimate of drug-likeness (QED) is 0.550. The smallest absolute Gasteiger partial charge is 0.298 e. The number of carbonyl (C=O) groups excluding carboxylic acids is 1. The largest absolute Gasteiger partial charge is 0.507 e. The van der Waals surface area contributed by atoms with Crippen molar-refractivity contribution in [1.29, 1.82) is 0 Å². The Morgan fingerprint density at radius 1 is 1.17 bits per heavy atom. The molecular weight excluding hydrogens is 336 g/mol. The lowest BCUT2D eigenvalue weighted by atomic mass is 10.1. The second kappa shape index (κ2) is 5.66. The van der Waals surface area contributed by atoms with Gasteiger partial charge in [-0.15, -0.1) is 0 Å². The number of hydrogen-bond donors (Lipinski definition) is 2. The minimum absolute atomic E-state index is 0.0713. The Morgan fingerprint density at radius 3 is 2.50 bits per heavy atom. The van der Waals surface area contributed by atoms with E-state index in [0.717, 1.165) is 12.1 Å². The summed E-state index contributed by atoms with van der Waals surface area (Å²) in [6.07, 6.45) is 0. The molecule has 7 nitrogen and oxygen atoms in total. The number of rotatable bonds is 4. The van der Waals surface area contributed by atoms with E-state index in [1.54, 1.807) is 24.3 Å². The number of benzene rings is 2. The van der Waals surface area contributed by atoms with Crippen LogP contribution >= 0.6 is 0 Å². The fourth-order valence-corrected chi connectivity index (χ4v) is 2.98. The molecule has 1 aromatic heterocycles. The standard InChI is InChI=1S/C16H12O7S/c1-22-13-8-11(17)10(7-15(13)24(19,20)21)16(18)14-6-9-4-2-3-5-12(9)23-14/h2-8,17H,1H3,(H,19,20,21). The van der Waals surface area contributed by atoms with Crippen molar-refractivity contribution in [3.63, 3.8) is 0 Å². The van der Waals surface area contributed by atoms with Gasteiger partial charge in [-0.2, -0.15) is 8.42 Å². The SMILES string of the molecule is COc1cc(O)c(C(=O)c2cc3ccccc3o2)cc1S(=O)(=O)O. The molecule has 2 N–H and O–H groups in total. The summed E-state index contributed by atoms with van der Waals surface area (Å²) < 4.78 is 42.4. The van der Waals surface area contributed by atoms with Crippen LogP contribution in [0.1, 0.15) is 16.1 Å². The molecule has 124 valence electrons. The number of ketones is 1. The van der Waals surface area contributed by atoms with Crippen LogP contribution in [0.5, 0.6) is 11.5 Å². The summed E-state index contributed by atoms with van der Waals surface area (Å²) in [6.45, 7) is 0. The van der Waals surface area contributed by atoms with Crippen LogP contribution in [0.3, 0.4) is 0 Å². The minimum Gasteiger partial charge on any atom is -0.507 e. The maximum Gasteiger partial charge on any atom is 0.298 e. The zero-order valence-corrected chi connectivity index (χ0v) is 13.2. The summed E-state index contributed by atoms with van der Waals surface area (Å²) in [4.78, 5) is 11.9. The van der Waals surface area contributed by atoms with E-state index in [-0.39, 0.29) is 17.1 Å². The zero-order chi connectivity index (χ0) is 17.5. The Bertz CT molecular complexity index is 1010. The summed E-state index contributed by atoms with van der Waals surface area (Å²) in [5, 5.41) is 10.7. The van der Waals surface area contributed by atoms with Crippen LogP contribution < -0.4 is 4.74 Å². The number of furan rings is 1. The molecule has 1 heterocycles. The van der Waals surface area contributed by atoms with Gasteiger partial charge in [0.2, 0.25) is 5.78 Å². The number of hydrogen-bond acceptors (Lipinski definition) is 6. The van der Waals surface area contributed by atoms with Gasteiger partial charge in [0.1, 0.15) is 22.0 Å². The van der Waals surface area contributed by atoms with Crippen LogP contribution in [0.4, 0.5) is 0 Å². The van der Waals surface area contributed by atoms with E-state index in [4.69, 9.17) is 9.15 Å². The van der Waals surface area contributed by atoms with Gasteiger partial charge in [-0.3, -0.25) is 9.35 Å². The Balaban J connectivity index is 2.16. The molecule has 0 aliphatic rings. The van der Waals surface area contributed by atoms with Gasteiger partial charge < -0.3 is 14.3 Å². The summed E-state index contributed by atoms with van der Waals surface area (Å²) in [6, 6.07) is 10.2. The predicted molar refractivity (Wildman–Crippen MR) is 84.1 cm³/mol. The highest BCUT2D eigenvalue weighted by atomic mass is 32.2. The topological polar surface area (TPSA) is 114 Å². The molecule has 0 spiro atoms. The molecule has 0 radical (unpaired) electrons. The van der Waals surface area contributed by atoms with Crippen molar-refractivity contribution in [2.75, 3.05) is 7.11 Å². The average Bonchev–Trinajstić information content (AvgIpc) is 2.96. The second-order valence-electron chi connectivity index (χ2n) is 4.97. The van der Waals surface area contributed by atoms with Gasteiger partial charge in [0.25, 0.3) is 10.1 Å². The molecule has 0 aliphatic heterocycles. The lowest BCUT2D eigenvalue weighted by molar-refractivity contribution is 0.101. The zero-order valence-electron chi connectivity index (χ0n) is 12.4. The Labute approximate surface area is 136 Å². The van der Waals surface area contributed by atoms with Crippen LogP contribution in [0.2, 0.25) is 0 Å². The van der Waals surface area contributed by atoms with E-state index in [0.29, 0.717) is 11.0 Å². The summed E-state index contributed by atoms with van der Waals surface area (Å²) >= 11 is 0. The molecule has 0 unspecified atom stereocenters. The molecule has 8 heteroatoms. The van der Waals surface area contributed by atoms with E-state index in [1.807, 2.05) is 0 Å². The lowest BCUT2D eigenvalue weighted by Gasteiger charge is -2.09. The maximum atomic E-state index is 12.5. The number of fused-ring (bicyclic) bond motifs is 1. The molecule has 0 amide bonds. The third-order valence-corrected chi connectivity index (χ3v) is 4.33. The molecule has 2 aromatic carbocycles. The molecule has 0 saturated carbocycles. The van der Waals surface area contributed by atoms with Crippen molar-refractivity contribution >= 4 is 26.9 Å².